The molecule has 0 spiro atoms. The average Bonchev–Trinajstić information content (AvgIpc) is 3.38. The molecule has 4 rings (SSSR count). The van der Waals surface area contributed by atoms with E-state index in [1.807, 2.05) is 47.5 Å². The first-order valence-electron chi connectivity index (χ1n) is 10.8. The molecule has 1 fully saturated rings. The second-order valence-electron chi connectivity index (χ2n) is 7.81. The van der Waals surface area contributed by atoms with Crippen LogP contribution >= 0.6 is 11.3 Å². The molecule has 0 aliphatic carbocycles. The van der Waals surface area contributed by atoms with Gasteiger partial charge < -0.3 is 14.7 Å². The van der Waals surface area contributed by atoms with Crippen molar-refractivity contribution in [3.05, 3.63) is 64.4 Å². The van der Waals surface area contributed by atoms with Crippen LogP contribution < -0.4 is 4.90 Å². The van der Waals surface area contributed by atoms with Crippen molar-refractivity contribution in [3.63, 3.8) is 0 Å². The summed E-state index contributed by atoms with van der Waals surface area (Å²) in [5, 5.41) is 10.7. The summed E-state index contributed by atoms with van der Waals surface area (Å²) in [5.74, 6) is 0.714. The van der Waals surface area contributed by atoms with E-state index in [1.165, 1.54) is 16.9 Å². The molecule has 0 bridgehead atoms. The molecule has 1 saturated heterocycles. The Morgan fingerprint density at radius 1 is 1.00 bits per heavy atom. The van der Waals surface area contributed by atoms with Crippen LogP contribution in [-0.2, 0) is 4.79 Å². The third-order valence-electron chi connectivity index (χ3n) is 5.68. The molecule has 166 valence electrons. The van der Waals surface area contributed by atoms with Crippen LogP contribution in [0.25, 0.3) is 11.3 Å². The topological polar surface area (TPSA) is 69.6 Å². The van der Waals surface area contributed by atoms with E-state index in [0.717, 1.165) is 17.1 Å². The van der Waals surface area contributed by atoms with Gasteiger partial charge in [0.25, 0.3) is 5.91 Å². The second kappa shape index (κ2) is 9.91. The van der Waals surface area contributed by atoms with Crippen molar-refractivity contribution >= 4 is 29.0 Å². The van der Waals surface area contributed by atoms with Crippen molar-refractivity contribution in [1.29, 1.82) is 0 Å². The number of thiophene rings is 1. The zero-order chi connectivity index (χ0) is 22.5. The molecule has 3 aromatic rings. The highest BCUT2D eigenvalue weighted by molar-refractivity contribution is 7.12. The number of benzene rings is 1. The minimum Gasteiger partial charge on any atom is -0.352 e. The molecule has 8 heteroatoms. The normalized spacial score (nSPS) is 13.8. The number of hydrogen-bond donors (Lipinski definition) is 0. The fourth-order valence-electron chi connectivity index (χ4n) is 3.70. The lowest BCUT2D eigenvalue weighted by Crippen LogP contribution is -2.52. The summed E-state index contributed by atoms with van der Waals surface area (Å²) < 4.78 is 0. The van der Waals surface area contributed by atoms with E-state index in [2.05, 4.69) is 34.2 Å². The maximum Gasteiger partial charge on any atom is 0.264 e. The molecule has 3 heterocycles. The van der Waals surface area contributed by atoms with Gasteiger partial charge in [-0.15, -0.1) is 21.5 Å². The van der Waals surface area contributed by atoms with E-state index < -0.39 is 0 Å². The highest BCUT2D eigenvalue weighted by Crippen LogP contribution is 2.20. The molecular weight excluding hydrogens is 422 g/mol. The summed E-state index contributed by atoms with van der Waals surface area (Å²) in [6.07, 6.45) is 0. The fourth-order valence-corrected chi connectivity index (χ4v) is 4.39. The monoisotopic (exact) mass is 449 g/mol. The van der Waals surface area contributed by atoms with E-state index in [9.17, 15) is 9.59 Å². The first kappa shape index (κ1) is 22.0. The first-order chi connectivity index (χ1) is 15.5. The van der Waals surface area contributed by atoms with Crippen LogP contribution in [0.1, 0.15) is 22.2 Å². The molecule has 0 radical (unpaired) electrons. The average molecular weight is 450 g/mol. The number of hydrogen-bond acceptors (Lipinski definition) is 6. The summed E-state index contributed by atoms with van der Waals surface area (Å²) in [6, 6.07) is 15.8. The summed E-state index contributed by atoms with van der Waals surface area (Å²) in [4.78, 5) is 31.6. The van der Waals surface area contributed by atoms with Gasteiger partial charge in [0.2, 0.25) is 5.91 Å². The van der Waals surface area contributed by atoms with Gasteiger partial charge in [0.1, 0.15) is 6.54 Å². The van der Waals surface area contributed by atoms with Gasteiger partial charge in [-0.05, 0) is 37.4 Å². The number of amides is 2. The fraction of sp³-hybridized carbons (Fsp3) is 0.333. The Bertz CT molecular complexity index is 1040. The van der Waals surface area contributed by atoms with Gasteiger partial charge in [-0.2, -0.15) is 0 Å². The van der Waals surface area contributed by atoms with E-state index >= 15 is 0 Å². The molecule has 32 heavy (non-hydrogen) atoms. The number of carbonyl (C=O) groups is 2. The van der Waals surface area contributed by atoms with Crippen LogP contribution in [0.5, 0.6) is 0 Å². The summed E-state index contributed by atoms with van der Waals surface area (Å²) >= 11 is 1.40. The highest BCUT2D eigenvalue weighted by atomic mass is 32.1. The van der Waals surface area contributed by atoms with Gasteiger partial charge in [-0.1, -0.05) is 35.9 Å². The lowest BCUT2D eigenvalue weighted by atomic mass is 10.1. The number of piperazine rings is 1. The molecule has 1 aromatic carbocycles. The van der Waals surface area contributed by atoms with Gasteiger partial charge in [0, 0.05) is 38.3 Å². The maximum atomic E-state index is 12.8. The number of anilines is 1. The smallest absolute Gasteiger partial charge is 0.264 e. The van der Waals surface area contributed by atoms with Crippen LogP contribution in [0, 0.1) is 6.92 Å². The number of aryl methyl sites for hydroxylation is 1. The molecule has 0 unspecified atom stereocenters. The third kappa shape index (κ3) is 4.96. The Balaban J connectivity index is 1.32. The van der Waals surface area contributed by atoms with Gasteiger partial charge >= 0.3 is 0 Å². The summed E-state index contributed by atoms with van der Waals surface area (Å²) in [5.41, 5.74) is 3.10. The van der Waals surface area contributed by atoms with Gasteiger partial charge in [-0.25, -0.2) is 0 Å². The molecule has 2 aromatic heterocycles. The Labute approximate surface area is 192 Å². The maximum absolute atomic E-state index is 12.8. The first-order valence-corrected chi connectivity index (χ1v) is 11.7. The molecule has 2 amide bonds. The number of aromatic nitrogens is 2. The molecule has 0 saturated carbocycles. The highest BCUT2D eigenvalue weighted by Gasteiger charge is 2.25. The summed E-state index contributed by atoms with van der Waals surface area (Å²) in [6.45, 7) is 7.16. The summed E-state index contributed by atoms with van der Waals surface area (Å²) in [7, 11) is 0. The standard InChI is InChI=1S/C24H27N5O2S/c1-3-27(24(31)21-5-4-16-32-21)17-23(30)29-14-12-28(13-15-29)22-11-10-20(25-26-22)19-8-6-18(2)7-9-19/h4-11,16H,3,12-15,17H2,1-2H3. The van der Waals surface area contributed by atoms with Crippen LogP contribution in [-0.4, -0.2) is 71.1 Å². The lowest BCUT2D eigenvalue weighted by molar-refractivity contribution is -0.132. The lowest BCUT2D eigenvalue weighted by Gasteiger charge is -2.36. The van der Waals surface area contributed by atoms with Crippen molar-refractivity contribution in [2.45, 2.75) is 13.8 Å². The van der Waals surface area contributed by atoms with E-state index in [0.29, 0.717) is 37.6 Å². The zero-order valence-corrected chi connectivity index (χ0v) is 19.2. The Morgan fingerprint density at radius 3 is 2.34 bits per heavy atom. The van der Waals surface area contributed by atoms with E-state index in [4.69, 9.17) is 0 Å². The predicted octanol–water partition coefficient (Wildman–Crippen LogP) is 3.32. The van der Waals surface area contributed by atoms with Crippen molar-refractivity contribution in [2.24, 2.45) is 0 Å². The Morgan fingerprint density at radius 2 is 1.75 bits per heavy atom. The van der Waals surface area contributed by atoms with Crippen LogP contribution in [0.3, 0.4) is 0 Å². The van der Waals surface area contributed by atoms with Crippen LogP contribution in [0.2, 0.25) is 0 Å². The molecular formula is C24H27N5O2S. The minimum atomic E-state index is -0.0848. The Kier molecular flexibility index (Phi) is 6.80. The quantitative estimate of drug-likeness (QED) is 0.577. The van der Waals surface area contributed by atoms with Crippen molar-refractivity contribution in [1.82, 2.24) is 20.0 Å². The zero-order valence-electron chi connectivity index (χ0n) is 18.4. The van der Waals surface area contributed by atoms with E-state index in [1.54, 1.807) is 11.0 Å². The van der Waals surface area contributed by atoms with Gasteiger partial charge in [0.05, 0.1) is 10.6 Å². The molecule has 0 atom stereocenters. The molecule has 0 N–H and O–H groups in total. The van der Waals surface area contributed by atoms with Crippen molar-refractivity contribution in [2.75, 3.05) is 44.2 Å². The number of likely N-dealkylation sites (N-methyl/N-ethyl adjacent to an activating group) is 1. The van der Waals surface area contributed by atoms with Gasteiger partial charge in [0.15, 0.2) is 5.82 Å². The van der Waals surface area contributed by atoms with Gasteiger partial charge in [-0.3, -0.25) is 9.59 Å². The van der Waals surface area contributed by atoms with Crippen LogP contribution in [0.15, 0.2) is 53.9 Å². The van der Waals surface area contributed by atoms with Crippen molar-refractivity contribution < 1.29 is 9.59 Å². The number of nitrogens with zero attached hydrogens (tertiary/aromatic N) is 5. The molecule has 1 aliphatic rings. The third-order valence-corrected chi connectivity index (χ3v) is 6.54. The second-order valence-corrected chi connectivity index (χ2v) is 8.75. The molecule has 7 nitrogen and oxygen atoms in total. The predicted molar refractivity (Wildman–Crippen MR) is 127 cm³/mol. The van der Waals surface area contributed by atoms with E-state index in [-0.39, 0.29) is 18.4 Å². The number of rotatable bonds is 6. The van der Waals surface area contributed by atoms with Crippen molar-refractivity contribution in [3.8, 4) is 11.3 Å². The number of carbonyl (C=O) groups excluding carboxylic acids is 2. The molecule has 1 aliphatic heterocycles. The largest absolute Gasteiger partial charge is 0.352 e. The SMILES string of the molecule is CCN(CC(=O)N1CCN(c2ccc(-c3ccc(C)cc3)nn2)CC1)C(=O)c1cccs1. The Hall–Kier alpha value is -3.26. The van der Waals surface area contributed by atoms with Crippen LogP contribution in [0.4, 0.5) is 5.82 Å². The minimum absolute atomic E-state index is 0.0165.